The van der Waals surface area contributed by atoms with E-state index in [-0.39, 0.29) is 11.8 Å². The molecule has 1 aromatic carbocycles. The van der Waals surface area contributed by atoms with Crippen molar-refractivity contribution in [3.8, 4) is 0 Å². The van der Waals surface area contributed by atoms with Gasteiger partial charge in [-0.3, -0.25) is 4.90 Å². The SMILES string of the molecule is O=C(O)c1ccc(CN2CCn3cccc3C2c2ccc(Cl)c(Cl)c2)o1. The smallest absolute Gasteiger partial charge is 0.371 e. The zero-order chi connectivity index (χ0) is 18.3. The summed E-state index contributed by atoms with van der Waals surface area (Å²) in [5.74, 6) is -0.497. The van der Waals surface area contributed by atoms with Crippen molar-refractivity contribution in [2.45, 2.75) is 19.1 Å². The van der Waals surface area contributed by atoms with E-state index in [2.05, 4.69) is 21.7 Å². The predicted molar refractivity (Wildman–Crippen MR) is 98.8 cm³/mol. The van der Waals surface area contributed by atoms with Crippen LogP contribution in [0.5, 0.6) is 0 Å². The minimum Gasteiger partial charge on any atom is -0.475 e. The average Bonchev–Trinajstić information content (AvgIpc) is 3.26. The van der Waals surface area contributed by atoms with Crippen LogP contribution in [-0.2, 0) is 13.1 Å². The van der Waals surface area contributed by atoms with Gasteiger partial charge in [-0.1, -0.05) is 29.3 Å². The van der Waals surface area contributed by atoms with E-state index in [0.717, 1.165) is 24.3 Å². The first-order chi connectivity index (χ1) is 12.5. The van der Waals surface area contributed by atoms with Crippen molar-refractivity contribution in [1.29, 1.82) is 0 Å². The molecule has 3 heterocycles. The molecule has 1 aliphatic heterocycles. The highest BCUT2D eigenvalue weighted by Crippen LogP contribution is 2.36. The topological polar surface area (TPSA) is 58.6 Å². The highest BCUT2D eigenvalue weighted by molar-refractivity contribution is 6.42. The van der Waals surface area contributed by atoms with Gasteiger partial charge in [0.25, 0.3) is 0 Å². The summed E-state index contributed by atoms with van der Waals surface area (Å²) in [6.07, 6.45) is 2.06. The number of benzene rings is 1. The molecule has 4 rings (SSSR count). The van der Waals surface area contributed by atoms with Crippen molar-refractivity contribution in [2.24, 2.45) is 0 Å². The van der Waals surface area contributed by atoms with E-state index in [1.54, 1.807) is 12.1 Å². The van der Waals surface area contributed by atoms with Crippen LogP contribution in [0.1, 0.15) is 33.6 Å². The summed E-state index contributed by atoms with van der Waals surface area (Å²) < 4.78 is 7.67. The minimum absolute atomic E-state index is 0.0214. The maximum absolute atomic E-state index is 11.1. The first-order valence-corrected chi connectivity index (χ1v) is 8.94. The fourth-order valence-electron chi connectivity index (χ4n) is 3.44. The third kappa shape index (κ3) is 3.14. The zero-order valence-corrected chi connectivity index (χ0v) is 15.2. The van der Waals surface area contributed by atoms with Gasteiger partial charge in [-0.05, 0) is 42.0 Å². The van der Waals surface area contributed by atoms with Crippen molar-refractivity contribution in [2.75, 3.05) is 6.54 Å². The minimum atomic E-state index is -1.06. The molecule has 7 heteroatoms. The summed E-state index contributed by atoms with van der Waals surface area (Å²) in [7, 11) is 0. The number of furan rings is 1. The normalized spacial score (nSPS) is 17.2. The van der Waals surface area contributed by atoms with Crippen LogP contribution in [0.3, 0.4) is 0 Å². The maximum Gasteiger partial charge on any atom is 0.371 e. The number of carboxylic acid groups (broad SMARTS) is 1. The van der Waals surface area contributed by atoms with Gasteiger partial charge in [-0.2, -0.15) is 0 Å². The van der Waals surface area contributed by atoms with Crippen molar-refractivity contribution in [3.63, 3.8) is 0 Å². The van der Waals surface area contributed by atoms with E-state index < -0.39 is 5.97 Å². The van der Waals surface area contributed by atoms with E-state index in [9.17, 15) is 4.79 Å². The molecule has 26 heavy (non-hydrogen) atoms. The van der Waals surface area contributed by atoms with E-state index in [0.29, 0.717) is 22.4 Å². The number of carbonyl (C=O) groups is 1. The number of hydrogen-bond acceptors (Lipinski definition) is 3. The monoisotopic (exact) mass is 390 g/mol. The van der Waals surface area contributed by atoms with Crippen LogP contribution < -0.4 is 0 Å². The molecule has 0 fully saturated rings. The van der Waals surface area contributed by atoms with Gasteiger partial charge in [0, 0.05) is 25.0 Å². The molecule has 1 unspecified atom stereocenters. The first kappa shape index (κ1) is 17.2. The second-order valence-corrected chi connectivity index (χ2v) is 7.06. The maximum atomic E-state index is 11.1. The standard InChI is InChI=1S/C19H16Cl2N2O3/c20-14-5-3-12(10-15(14)21)18-16-2-1-7-22(16)8-9-23(18)11-13-4-6-17(26-13)19(24)25/h1-7,10,18H,8-9,11H2,(H,24,25). The lowest BCUT2D eigenvalue weighted by atomic mass is 10.00. The van der Waals surface area contributed by atoms with Gasteiger partial charge in [0.1, 0.15) is 5.76 Å². The second-order valence-electron chi connectivity index (χ2n) is 6.24. The largest absolute Gasteiger partial charge is 0.475 e. The number of aromatic carboxylic acids is 1. The second kappa shape index (κ2) is 6.83. The molecular weight excluding hydrogens is 375 g/mol. The van der Waals surface area contributed by atoms with Crippen molar-refractivity contribution >= 4 is 29.2 Å². The van der Waals surface area contributed by atoms with Crippen LogP contribution in [0.15, 0.2) is 53.1 Å². The summed E-state index contributed by atoms with van der Waals surface area (Å²) in [5, 5.41) is 10.1. The van der Waals surface area contributed by atoms with Crippen molar-refractivity contribution in [3.05, 3.63) is 81.5 Å². The third-order valence-electron chi connectivity index (χ3n) is 4.63. The van der Waals surface area contributed by atoms with E-state index in [1.807, 2.05) is 18.2 Å². The Morgan fingerprint density at radius 3 is 2.73 bits per heavy atom. The lowest BCUT2D eigenvalue weighted by Gasteiger charge is -2.37. The quantitative estimate of drug-likeness (QED) is 0.701. The summed E-state index contributed by atoms with van der Waals surface area (Å²) >= 11 is 12.3. The molecule has 134 valence electrons. The Balaban J connectivity index is 1.70. The third-order valence-corrected chi connectivity index (χ3v) is 5.37. The molecule has 1 atom stereocenters. The molecular formula is C19H16Cl2N2O3. The van der Waals surface area contributed by atoms with E-state index in [4.69, 9.17) is 32.7 Å². The molecule has 2 aromatic heterocycles. The van der Waals surface area contributed by atoms with Gasteiger partial charge in [0.2, 0.25) is 5.76 Å². The molecule has 0 bridgehead atoms. The molecule has 0 saturated carbocycles. The Morgan fingerprint density at radius 2 is 2.00 bits per heavy atom. The highest BCUT2D eigenvalue weighted by Gasteiger charge is 2.30. The molecule has 1 aliphatic rings. The summed E-state index contributed by atoms with van der Waals surface area (Å²) in [6.45, 7) is 2.16. The highest BCUT2D eigenvalue weighted by atomic mass is 35.5. The van der Waals surface area contributed by atoms with Crippen LogP contribution in [0.25, 0.3) is 0 Å². The lowest BCUT2D eigenvalue weighted by molar-refractivity contribution is 0.0656. The van der Waals surface area contributed by atoms with Crippen LogP contribution in [-0.4, -0.2) is 27.1 Å². The molecule has 0 amide bonds. The number of aromatic nitrogens is 1. The van der Waals surface area contributed by atoms with Gasteiger partial charge < -0.3 is 14.1 Å². The van der Waals surface area contributed by atoms with Crippen LogP contribution in [0.4, 0.5) is 0 Å². The van der Waals surface area contributed by atoms with Gasteiger partial charge >= 0.3 is 5.97 Å². The van der Waals surface area contributed by atoms with Crippen LogP contribution in [0.2, 0.25) is 10.0 Å². The van der Waals surface area contributed by atoms with E-state index in [1.165, 1.54) is 6.07 Å². The number of rotatable bonds is 4. The Hall–Kier alpha value is -2.21. The van der Waals surface area contributed by atoms with Gasteiger partial charge in [-0.15, -0.1) is 0 Å². The van der Waals surface area contributed by atoms with Crippen LogP contribution >= 0.6 is 23.2 Å². The van der Waals surface area contributed by atoms with Gasteiger partial charge in [-0.25, -0.2) is 4.79 Å². The molecule has 0 saturated heterocycles. The van der Waals surface area contributed by atoms with Gasteiger partial charge in [0.15, 0.2) is 0 Å². The van der Waals surface area contributed by atoms with E-state index >= 15 is 0 Å². The number of nitrogens with zero attached hydrogens (tertiary/aromatic N) is 2. The number of fused-ring (bicyclic) bond motifs is 1. The lowest BCUT2D eigenvalue weighted by Crippen LogP contribution is -2.37. The van der Waals surface area contributed by atoms with Crippen molar-refractivity contribution in [1.82, 2.24) is 9.47 Å². The first-order valence-electron chi connectivity index (χ1n) is 8.19. The molecule has 0 aliphatic carbocycles. The van der Waals surface area contributed by atoms with Crippen LogP contribution in [0, 0.1) is 0 Å². The molecule has 3 aromatic rings. The Labute approximate surface area is 160 Å². The molecule has 1 N–H and O–H groups in total. The molecule has 0 radical (unpaired) electrons. The fraction of sp³-hybridized carbons (Fsp3) is 0.211. The Kier molecular flexibility index (Phi) is 4.53. The zero-order valence-electron chi connectivity index (χ0n) is 13.7. The number of carboxylic acids is 1. The Bertz CT molecular complexity index is 963. The summed E-state index contributed by atoms with van der Waals surface area (Å²) in [5.41, 5.74) is 2.18. The summed E-state index contributed by atoms with van der Waals surface area (Å²) in [6, 6.07) is 12.9. The number of hydrogen-bond donors (Lipinski definition) is 1. The molecule has 5 nitrogen and oxygen atoms in total. The van der Waals surface area contributed by atoms with Gasteiger partial charge in [0.05, 0.1) is 22.6 Å². The average molecular weight is 391 g/mol. The Morgan fingerprint density at radius 1 is 1.15 bits per heavy atom. The summed E-state index contributed by atoms with van der Waals surface area (Å²) in [4.78, 5) is 13.3. The molecule has 0 spiro atoms. The predicted octanol–water partition coefficient (Wildman–Crippen LogP) is 4.69. The number of halogens is 2. The fourth-order valence-corrected chi connectivity index (χ4v) is 3.75. The van der Waals surface area contributed by atoms with Crippen molar-refractivity contribution < 1.29 is 14.3 Å².